The highest BCUT2D eigenvalue weighted by Crippen LogP contribution is 2.25. The fraction of sp³-hybridized carbons (Fsp3) is 0.900. The van der Waals surface area contributed by atoms with E-state index in [-0.39, 0.29) is 5.97 Å². The van der Waals surface area contributed by atoms with Gasteiger partial charge in [0.1, 0.15) is 5.54 Å². The lowest BCUT2D eigenvalue weighted by Gasteiger charge is -2.30. The first kappa shape index (κ1) is 11.5. The maximum absolute atomic E-state index is 11.7. The quantitative estimate of drug-likeness (QED) is 0.643. The van der Waals surface area contributed by atoms with Gasteiger partial charge in [0.05, 0.1) is 13.7 Å². The van der Waals surface area contributed by atoms with Crippen molar-refractivity contribution in [3.05, 3.63) is 0 Å². The SMILES string of the molecule is CCC(COC)(NC1CC1)C(=O)OC. The topological polar surface area (TPSA) is 47.6 Å². The molecule has 0 saturated heterocycles. The summed E-state index contributed by atoms with van der Waals surface area (Å²) in [6, 6.07) is 0.462. The van der Waals surface area contributed by atoms with Gasteiger partial charge in [0.15, 0.2) is 0 Å². The minimum absolute atomic E-state index is 0.228. The summed E-state index contributed by atoms with van der Waals surface area (Å²) < 4.78 is 9.89. The van der Waals surface area contributed by atoms with Gasteiger partial charge in [0.25, 0.3) is 0 Å². The Bertz CT molecular complexity index is 204. The molecular weight excluding hydrogens is 182 g/mol. The molecule has 0 aromatic heterocycles. The molecule has 1 fully saturated rings. The van der Waals surface area contributed by atoms with Gasteiger partial charge in [-0.1, -0.05) is 6.92 Å². The Kier molecular flexibility index (Phi) is 3.89. The summed E-state index contributed by atoms with van der Waals surface area (Å²) in [5.74, 6) is -0.228. The van der Waals surface area contributed by atoms with E-state index in [4.69, 9.17) is 9.47 Å². The van der Waals surface area contributed by atoms with Gasteiger partial charge >= 0.3 is 5.97 Å². The number of carbonyl (C=O) groups excluding carboxylic acids is 1. The van der Waals surface area contributed by atoms with E-state index in [1.165, 1.54) is 7.11 Å². The van der Waals surface area contributed by atoms with Crippen LogP contribution in [0.25, 0.3) is 0 Å². The van der Waals surface area contributed by atoms with Gasteiger partial charge in [-0.3, -0.25) is 5.32 Å². The third-order valence-electron chi connectivity index (χ3n) is 2.63. The van der Waals surface area contributed by atoms with Crippen LogP contribution in [0.4, 0.5) is 0 Å². The van der Waals surface area contributed by atoms with Crippen molar-refractivity contribution >= 4 is 5.97 Å². The van der Waals surface area contributed by atoms with E-state index in [2.05, 4.69) is 5.32 Å². The third kappa shape index (κ3) is 2.45. The van der Waals surface area contributed by atoms with Crippen molar-refractivity contribution in [1.29, 1.82) is 0 Å². The van der Waals surface area contributed by atoms with Crippen molar-refractivity contribution in [3.8, 4) is 0 Å². The molecule has 14 heavy (non-hydrogen) atoms. The monoisotopic (exact) mass is 201 g/mol. The Morgan fingerprint density at radius 2 is 2.14 bits per heavy atom. The molecule has 0 radical (unpaired) electrons. The first-order valence-electron chi connectivity index (χ1n) is 5.03. The summed E-state index contributed by atoms with van der Waals surface area (Å²) in [4.78, 5) is 11.7. The molecule has 1 aliphatic carbocycles. The first-order valence-corrected chi connectivity index (χ1v) is 5.03. The lowest BCUT2D eigenvalue weighted by atomic mass is 9.97. The van der Waals surface area contributed by atoms with Crippen molar-refractivity contribution in [2.45, 2.75) is 37.8 Å². The predicted octanol–water partition coefficient (Wildman–Crippen LogP) is 0.707. The van der Waals surface area contributed by atoms with Crippen LogP contribution in [-0.2, 0) is 14.3 Å². The lowest BCUT2D eigenvalue weighted by Crippen LogP contribution is -2.56. The normalized spacial score (nSPS) is 20.2. The fourth-order valence-corrected chi connectivity index (χ4v) is 1.57. The molecule has 0 aromatic rings. The Morgan fingerprint density at radius 1 is 1.50 bits per heavy atom. The third-order valence-corrected chi connectivity index (χ3v) is 2.63. The molecule has 1 aliphatic rings. The van der Waals surface area contributed by atoms with Crippen LogP contribution in [0, 0.1) is 0 Å². The first-order chi connectivity index (χ1) is 6.68. The molecule has 4 nitrogen and oxygen atoms in total. The van der Waals surface area contributed by atoms with Gasteiger partial charge in [-0.25, -0.2) is 4.79 Å². The molecule has 0 spiro atoms. The molecule has 1 atom stereocenters. The zero-order valence-electron chi connectivity index (χ0n) is 9.13. The molecule has 1 unspecified atom stereocenters. The van der Waals surface area contributed by atoms with Crippen LogP contribution in [0.3, 0.4) is 0 Å². The second-order valence-corrected chi connectivity index (χ2v) is 3.78. The second-order valence-electron chi connectivity index (χ2n) is 3.78. The Labute approximate surface area is 85.0 Å². The fourth-order valence-electron chi connectivity index (χ4n) is 1.57. The predicted molar refractivity (Wildman–Crippen MR) is 53.1 cm³/mol. The number of carbonyl (C=O) groups is 1. The van der Waals surface area contributed by atoms with Crippen LogP contribution in [0.5, 0.6) is 0 Å². The van der Waals surface area contributed by atoms with Crippen LogP contribution in [0.2, 0.25) is 0 Å². The average Bonchev–Trinajstić information content (AvgIpc) is 2.99. The lowest BCUT2D eigenvalue weighted by molar-refractivity contribution is -0.151. The molecule has 0 aliphatic heterocycles. The zero-order valence-corrected chi connectivity index (χ0v) is 9.13. The van der Waals surface area contributed by atoms with Crippen LogP contribution < -0.4 is 5.32 Å². The highest BCUT2D eigenvalue weighted by Gasteiger charge is 2.42. The molecule has 4 heteroatoms. The van der Waals surface area contributed by atoms with Gasteiger partial charge in [0, 0.05) is 13.2 Å². The molecule has 0 aromatic carbocycles. The van der Waals surface area contributed by atoms with Gasteiger partial charge in [-0.05, 0) is 19.3 Å². The Balaban J connectivity index is 2.66. The van der Waals surface area contributed by atoms with Crippen LogP contribution in [-0.4, -0.2) is 38.4 Å². The summed E-state index contributed by atoms with van der Waals surface area (Å²) in [7, 11) is 3.01. The Morgan fingerprint density at radius 3 is 2.50 bits per heavy atom. The number of methoxy groups -OCH3 is 2. The Hall–Kier alpha value is -0.610. The number of rotatable bonds is 6. The summed E-state index contributed by atoms with van der Waals surface area (Å²) in [6.07, 6.45) is 2.97. The maximum atomic E-state index is 11.7. The highest BCUT2D eigenvalue weighted by molar-refractivity contribution is 5.81. The number of nitrogens with one attached hydrogen (secondary N) is 1. The van der Waals surface area contributed by atoms with Gasteiger partial charge in [-0.2, -0.15) is 0 Å². The van der Waals surface area contributed by atoms with E-state index in [9.17, 15) is 4.79 Å². The van der Waals surface area contributed by atoms with Gasteiger partial charge < -0.3 is 9.47 Å². The van der Waals surface area contributed by atoms with Gasteiger partial charge in [0.2, 0.25) is 0 Å². The number of hydrogen-bond donors (Lipinski definition) is 1. The molecule has 0 amide bonds. The second kappa shape index (κ2) is 4.75. The van der Waals surface area contributed by atoms with Crippen LogP contribution >= 0.6 is 0 Å². The standard InChI is InChI=1S/C10H19NO3/c1-4-10(7-13-2,9(12)14-3)11-8-5-6-8/h8,11H,4-7H2,1-3H3. The smallest absolute Gasteiger partial charge is 0.328 e. The summed E-state index contributed by atoms with van der Waals surface area (Å²) in [5, 5.41) is 3.31. The van der Waals surface area contributed by atoms with Crippen molar-refractivity contribution in [2.75, 3.05) is 20.8 Å². The summed E-state index contributed by atoms with van der Waals surface area (Å²) in [6.45, 7) is 2.33. The minimum atomic E-state index is -0.648. The van der Waals surface area contributed by atoms with E-state index in [0.717, 1.165) is 12.8 Å². The van der Waals surface area contributed by atoms with E-state index in [0.29, 0.717) is 19.1 Å². The average molecular weight is 201 g/mol. The molecule has 1 rings (SSSR count). The van der Waals surface area contributed by atoms with Crippen molar-refractivity contribution < 1.29 is 14.3 Å². The molecule has 0 bridgehead atoms. The van der Waals surface area contributed by atoms with E-state index < -0.39 is 5.54 Å². The number of hydrogen-bond acceptors (Lipinski definition) is 4. The van der Waals surface area contributed by atoms with Crippen LogP contribution in [0.1, 0.15) is 26.2 Å². The maximum Gasteiger partial charge on any atom is 0.328 e. The molecule has 82 valence electrons. The molecule has 1 N–H and O–H groups in total. The zero-order chi connectivity index (χ0) is 10.6. The van der Waals surface area contributed by atoms with Crippen molar-refractivity contribution in [2.24, 2.45) is 0 Å². The minimum Gasteiger partial charge on any atom is -0.468 e. The van der Waals surface area contributed by atoms with E-state index in [1.807, 2.05) is 6.92 Å². The number of ether oxygens (including phenoxy) is 2. The van der Waals surface area contributed by atoms with Crippen LogP contribution in [0.15, 0.2) is 0 Å². The highest BCUT2D eigenvalue weighted by atomic mass is 16.5. The summed E-state index contributed by atoms with van der Waals surface area (Å²) in [5.41, 5.74) is -0.648. The van der Waals surface area contributed by atoms with Gasteiger partial charge in [-0.15, -0.1) is 0 Å². The molecular formula is C10H19NO3. The molecule has 0 heterocycles. The van der Waals surface area contributed by atoms with E-state index in [1.54, 1.807) is 7.11 Å². The largest absolute Gasteiger partial charge is 0.468 e. The van der Waals surface area contributed by atoms with Crippen molar-refractivity contribution in [1.82, 2.24) is 5.32 Å². The number of esters is 1. The summed E-state index contributed by atoms with van der Waals surface area (Å²) >= 11 is 0. The van der Waals surface area contributed by atoms with Crippen molar-refractivity contribution in [3.63, 3.8) is 0 Å². The molecule has 1 saturated carbocycles. The van der Waals surface area contributed by atoms with E-state index >= 15 is 0 Å².